The van der Waals surface area contributed by atoms with E-state index in [1.165, 1.54) is 0 Å². The van der Waals surface area contributed by atoms with E-state index in [4.69, 9.17) is 4.74 Å². The molecule has 3 aromatic rings. The number of benzene rings is 1. The Morgan fingerprint density at radius 2 is 2.16 bits per heavy atom. The van der Waals surface area contributed by atoms with Crippen molar-refractivity contribution in [1.29, 1.82) is 0 Å². The molecule has 0 bridgehead atoms. The van der Waals surface area contributed by atoms with Gasteiger partial charge in [0.05, 0.1) is 24.2 Å². The highest BCUT2D eigenvalue weighted by Crippen LogP contribution is 2.25. The number of H-pyrrole nitrogens is 1. The van der Waals surface area contributed by atoms with Gasteiger partial charge in [0.1, 0.15) is 11.6 Å². The minimum Gasteiger partial charge on any atom is -0.497 e. The molecule has 1 aromatic carbocycles. The number of carbonyl (C=O) groups is 1. The number of fused-ring (bicyclic) bond motifs is 1. The largest absolute Gasteiger partial charge is 0.497 e. The summed E-state index contributed by atoms with van der Waals surface area (Å²) >= 11 is 0. The highest BCUT2D eigenvalue weighted by Gasteiger charge is 2.22. The van der Waals surface area contributed by atoms with Crippen LogP contribution in [0.5, 0.6) is 5.75 Å². The summed E-state index contributed by atoms with van der Waals surface area (Å²) in [6, 6.07) is 9.53. The van der Waals surface area contributed by atoms with Crippen LogP contribution in [0.15, 0.2) is 36.5 Å². The lowest BCUT2D eigenvalue weighted by Crippen LogP contribution is -2.33. The van der Waals surface area contributed by atoms with Crippen LogP contribution in [0.3, 0.4) is 0 Å². The second kappa shape index (κ2) is 6.93. The third-order valence-corrected chi connectivity index (χ3v) is 4.35. The van der Waals surface area contributed by atoms with Crippen LogP contribution in [-0.4, -0.2) is 39.4 Å². The van der Waals surface area contributed by atoms with E-state index in [9.17, 15) is 4.79 Å². The molecule has 0 spiro atoms. The number of aromatic nitrogens is 3. The van der Waals surface area contributed by atoms with Gasteiger partial charge in [0.25, 0.3) is 5.91 Å². The number of aryl methyl sites for hydroxylation is 1. The minimum atomic E-state index is -0.0770. The Bertz CT molecular complexity index is 903. The molecule has 0 saturated carbocycles. The first-order chi connectivity index (χ1) is 12.0. The molecule has 130 valence electrons. The molecule has 0 radical (unpaired) electrons. The number of methoxy groups -OCH3 is 1. The van der Waals surface area contributed by atoms with E-state index in [2.05, 4.69) is 15.0 Å². The van der Waals surface area contributed by atoms with Gasteiger partial charge >= 0.3 is 0 Å². The zero-order chi connectivity index (χ0) is 18.0. The number of pyridine rings is 1. The van der Waals surface area contributed by atoms with E-state index in [-0.39, 0.29) is 11.9 Å². The van der Waals surface area contributed by atoms with Crippen LogP contribution >= 0.6 is 0 Å². The number of hydrogen-bond donors (Lipinski definition) is 1. The van der Waals surface area contributed by atoms with Crippen molar-refractivity contribution in [3.63, 3.8) is 0 Å². The lowest BCUT2D eigenvalue weighted by atomic mass is 10.1. The predicted octanol–water partition coefficient (Wildman–Crippen LogP) is 3.50. The summed E-state index contributed by atoms with van der Waals surface area (Å²) in [5, 5.41) is 0. The Morgan fingerprint density at radius 1 is 1.36 bits per heavy atom. The number of imidazole rings is 1. The van der Waals surface area contributed by atoms with Crippen molar-refractivity contribution in [2.75, 3.05) is 13.7 Å². The molecule has 1 N–H and O–H groups in total. The van der Waals surface area contributed by atoms with Crippen LogP contribution < -0.4 is 4.74 Å². The van der Waals surface area contributed by atoms with Crippen LogP contribution in [0.1, 0.15) is 41.6 Å². The fraction of sp³-hybridized carbons (Fsp3) is 0.316. The van der Waals surface area contributed by atoms with Gasteiger partial charge in [-0.05, 0) is 44.5 Å². The Morgan fingerprint density at radius 3 is 2.88 bits per heavy atom. The number of nitrogens with zero attached hydrogens (tertiary/aromatic N) is 3. The number of hydrogen-bond acceptors (Lipinski definition) is 4. The van der Waals surface area contributed by atoms with Gasteiger partial charge in [0.2, 0.25) is 0 Å². The van der Waals surface area contributed by atoms with Crippen molar-refractivity contribution in [2.45, 2.75) is 26.8 Å². The SMILES string of the molecule is CCN(C(=O)c1cnc2nc(C)[nH]c2c1)C(C)c1cccc(OC)c1. The van der Waals surface area contributed by atoms with Crippen LogP contribution in [0.25, 0.3) is 11.2 Å². The molecule has 3 rings (SSSR count). The lowest BCUT2D eigenvalue weighted by molar-refractivity contribution is 0.0702. The van der Waals surface area contributed by atoms with Crippen molar-refractivity contribution in [1.82, 2.24) is 19.9 Å². The molecule has 0 saturated heterocycles. The summed E-state index contributed by atoms with van der Waals surface area (Å²) in [6.45, 7) is 6.45. The Balaban J connectivity index is 1.90. The molecule has 1 unspecified atom stereocenters. The highest BCUT2D eigenvalue weighted by atomic mass is 16.5. The molecule has 2 aromatic heterocycles. The summed E-state index contributed by atoms with van der Waals surface area (Å²) in [6.07, 6.45) is 1.59. The molecule has 0 aliphatic heterocycles. The monoisotopic (exact) mass is 338 g/mol. The molecule has 0 aliphatic carbocycles. The molecule has 0 fully saturated rings. The number of ether oxygens (including phenoxy) is 1. The van der Waals surface area contributed by atoms with Crippen LogP contribution in [-0.2, 0) is 0 Å². The summed E-state index contributed by atoms with van der Waals surface area (Å²) in [5.41, 5.74) is 2.97. The van der Waals surface area contributed by atoms with Crippen molar-refractivity contribution >= 4 is 17.1 Å². The second-order valence-corrected chi connectivity index (χ2v) is 5.96. The normalized spacial score (nSPS) is 12.2. The van der Waals surface area contributed by atoms with E-state index in [0.717, 1.165) is 22.7 Å². The fourth-order valence-electron chi connectivity index (χ4n) is 2.98. The number of aromatic amines is 1. The van der Waals surface area contributed by atoms with Gasteiger partial charge in [-0.3, -0.25) is 4.79 Å². The van der Waals surface area contributed by atoms with Crippen molar-refractivity contribution in [3.8, 4) is 5.75 Å². The molecule has 0 aliphatic rings. The molecule has 1 amide bonds. The molecule has 1 atom stereocenters. The first-order valence-electron chi connectivity index (χ1n) is 8.30. The lowest BCUT2D eigenvalue weighted by Gasteiger charge is -2.28. The zero-order valence-corrected chi connectivity index (χ0v) is 14.9. The third kappa shape index (κ3) is 3.33. The quantitative estimate of drug-likeness (QED) is 0.773. The molecular formula is C19H22N4O2. The van der Waals surface area contributed by atoms with E-state index in [1.807, 2.05) is 56.0 Å². The Hall–Kier alpha value is -2.89. The number of nitrogens with one attached hydrogen (secondary N) is 1. The van der Waals surface area contributed by atoms with Gasteiger partial charge in [-0.25, -0.2) is 9.97 Å². The smallest absolute Gasteiger partial charge is 0.255 e. The summed E-state index contributed by atoms with van der Waals surface area (Å²) in [7, 11) is 1.64. The van der Waals surface area contributed by atoms with Crippen LogP contribution in [0.4, 0.5) is 0 Å². The topological polar surface area (TPSA) is 71.1 Å². The van der Waals surface area contributed by atoms with Crippen molar-refractivity contribution in [2.24, 2.45) is 0 Å². The number of rotatable bonds is 5. The predicted molar refractivity (Wildman–Crippen MR) is 96.7 cm³/mol. The summed E-state index contributed by atoms with van der Waals surface area (Å²) in [4.78, 5) is 26.5. The highest BCUT2D eigenvalue weighted by molar-refractivity contribution is 5.96. The third-order valence-electron chi connectivity index (χ3n) is 4.35. The average Bonchev–Trinajstić information content (AvgIpc) is 3.01. The minimum absolute atomic E-state index is 0.0560. The maximum Gasteiger partial charge on any atom is 0.255 e. The summed E-state index contributed by atoms with van der Waals surface area (Å²) < 4.78 is 5.29. The molecule has 25 heavy (non-hydrogen) atoms. The Kier molecular flexibility index (Phi) is 4.70. The average molecular weight is 338 g/mol. The molecular weight excluding hydrogens is 316 g/mol. The van der Waals surface area contributed by atoms with Crippen molar-refractivity contribution < 1.29 is 9.53 Å². The number of carbonyl (C=O) groups excluding carboxylic acids is 1. The number of amides is 1. The van der Waals surface area contributed by atoms with E-state index < -0.39 is 0 Å². The first-order valence-corrected chi connectivity index (χ1v) is 8.30. The van der Waals surface area contributed by atoms with E-state index >= 15 is 0 Å². The van der Waals surface area contributed by atoms with E-state index in [0.29, 0.717) is 17.8 Å². The zero-order valence-electron chi connectivity index (χ0n) is 14.9. The first kappa shape index (κ1) is 17.0. The van der Waals surface area contributed by atoms with Crippen molar-refractivity contribution in [3.05, 3.63) is 53.5 Å². The standard InChI is InChI=1S/C19H22N4O2/c1-5-23(12(2)14-7-6-8-16(9-14)25-4)19(24)15-10-17-18(20-11-15)22-13(3)21-17/h6-12H,5H2,1-4H3,(H,20,21,22). The van der Waals surface area contributed by atoms with Gasteiger partial charge in [-0.15, -0.1) is 0 Å². The van der Waals surface area contributed by atoms with E-state index in [1.54, 1.807) is 13.3 Å². The molecule has 2 heterocycles. The molecule has 6 heteroatoms. The van der Waals surface area contributed by atoms with Gasteiger partial charge in [-0.1, -0.05) is 12.1 Å². The van der Waals surface area contributed by atoms with Gasteiger partial charge in [-0.2, -0.15) is 0 Å². The van der Waals surface area contributed by atoms with Crippen LogP contribution in [0.2, 0.25) is 0 Å². The van der Waals surface area contributed by atoms with Gasteiger partial charge in [0, 0.05) is 12.7 Å². The maximum atomic E-state index is 13.0. The van der Waals surface area contributed by atoms with Gasteiger partial charge in [0.15, 0.2) is 5.65 Å². The van der Waals surface area contributed by atoms with Crippen LogP contribution in [0, 0.1) is 6.92 Å². The van der Waals surface area contributed by atoms with Gasteiger partial charge < -0.3 is 14.6 Å². The molecule has 6 nitrogen and oxygen atoms in total. The second-order valence-electron chi connectivity index (χ2n) is 5.96. The summed E-state index contributed by atoms with van der Waals surface area (Å²) in [5.74, 6) is 1.51. The Labute approximate surface area is 146 Å². The fourth-order valence-corrected chi connectivity index (χ4v) is 2.98. The maximum absolute atomic E-state index is 13.0.